The average molecular weight is 466 g/mol. The Bertz CT molecular complexity index is 857. The molecule has 0 heterocycles. The molecule has 0 fully saturated rings. The molecule has 12 nitrogen and oxygen atoms in total. The number of nitrogens with two attached hydrogens (primary N) is 2. The summed E-state index contributed by atoms with van der Waals surface area (Å²) in [5.41, 5.74) is 11.0. The Labute approximate surface area is 191 Å². The minimum atomic E-state index is -1.46. The zero-order valence-corrected chi connectivity index (χ0v) is 18.5. The third kappa shape index (κ3) is 9.99. The van der Waals surface area contributed by atoms with Crippen LogP contribution in [-0.2, 0) is 30.4 Å². The average Bonchev–Trinajstić information content (AvgIpc) is 2.72. The SMILES string of the molecule is CC(C)CC(NC(=O)CN)C(=O)NC(CC(N)=O)C(=O)NC(Cc1ccc(O)cc1)C(=O)O. The van der Waals surface area contributed by atoms with E-state index >= 15 is 0 Å². The van der Waals surface area contributed by atoms with E-state index < -0.39 is 54.1 Å². The standard InChI is InChI=1S/C21H31N5O7/c1-11(2)7-14(24-18(29)10-22)19(30)25-15(9-17(23)28)20(31)26-16(21(32)33)8-12-3-5-13(27)6-4-12/h3-6,11,14-16,27H,7-10,22H2,1-2H3,(H2,23,28)(H,24,29)(H,25,30)(H,26,31)(H,32,33). The van der Waals surface area contributed by atoms with Crippen molar-refractivity contribution in [2.75, 3.05) is 6.54 Å². The number of rotatable bonds is 13. The van der Waals surface area contributed by atoms with Gasteiger partial charge in [-0.05, 0) is 30.0 Å². The van der Waals surface area contributed by atoms with Crippen molar-refractivity contribution in [3.8, 4) is 5.75 Å². The van der Waals surface area contributed by atoms with Gasteiger partial charge in [0.2, 0.25) is 23.6 Å². The molecule has 0 aromatic heterocycles. The molecular formula is C21H31N5O7. The van der Waals surface area contributed by atoms with E-state index in [1.807, 2.05) is 13.8 Å². The summed E-state index contributed by atoms with van der Waals surface area (Å²) in [6.07, 6.45) is -0.454. The number of carboxylic acid groups (broad SMARTS) is 1. The summed E-state index contributed by atoms with van der Waals surface area (Å²) in [6, 6.07) is 1.89. The number of phenols is 1. The number of carbonyl (C=O) groups is 5. The first-order valence-electron chi connectivity index (χ1n) is 10.3. The molecule has 0 radical (unpaired) electrons. The second kappa shape index (κ2) is 13.0. The van der Waals surface area contributed by atoms with E-state index in [0.29, 0.717) is 5.56 Å². The quantitative estimate of drug-likeness (QED) is 0.179. The van der Waals surface area contributed by atoms with Crippen molar-refractivity contribution in [1.82, 2.24) is 16.0 Å². The second-order valence-corrected chi connectivity index (χ2v) is 7.96. The molecule has 0 aliphatic heterocycles. The van der Waals surface area contributed by atoms with Gasteiger partial charge in [0.05, 0.1) is 13.0 Å². The normalized spacial score (nSPS) is 13.5. The second-order valence-electron chi connectivity index (χ2n) is 7.96. The highest BCUT2D eigenvalue weighted by Crippen LogP contribution is 2.12. The van der Waals surface area contributed by atoms with E-state index in [1.54, 1.807) is 0 Å². The maximum absolute atomic E-state index is 12.8. The largest absolute Gasteiger partial charge is 0.508 e. The van der Waals surface area contributed by atoms with Crippen LogP contribution in [0.5, 0.6) is 5.75 Å². The van der Waals surface area contributed by atoms with Crippen LogP contribution in [0.25, 0.3) is 0 Å². The molecule has 0 spiro atoms. The summed E-state index contributed by atoms with van der Waals surface area (Å²) in [5, 5.41) is 26.0. The van der Waals surface area contributed by atoms with Crippen molar-refractivity contribution >= 4 is 29.6 Å². The maximum Gasteiger partial charge on any atom is 0.326 e. The Hall–Kier alpha value is -3.67. The number of primary amides is 1. The van der Waals surface area contributed by atoms with Gasteiger partial charge < -0.3 is 37.6 Å². The van der Waals surface area contributed by atoms with Crippen LogP contribution in [0.1, 0.15) is 32.3 Å². The lowest BCUT2D eigenvalue weighted by Gasteiger charge is -2.24. The number of aromatic hydroxyl groups is 1. The van der Waals surface area contributed by atoms with Crippen LogP contribution in [0.4, 0.5) is 0 Å². The van der Waals surface area contributed by atoms with Crippen LogP contribution in [0, 0.1) is 5.92 Å². The van der Waals surface area contributed by atoms with Crippen LogP contribution in [0.2, 0.25) is 0 Å². The number of nitrogens with one attached hydrogen (secondary N) is 3. The van der Waals surface area contributed by atoms with Gasteiger partial charge in [-0.15, -0.1) is 0 Å². The van der Waals surface area contributed by atoms with Gasteiger partial charge in [0, 0.05) is 6.42 Å². The van der Waals surface area contributed by atoms with Gasteiger partial charge in [-0.3, -0.25) is 19.2 Å². The molecule has 33 heavy (non-hydrogen) atoms. The lowest BCUT2D eigenvalue weighted by atomic mass is 10.0. The maximum atomic E-state index is 12.8. The summed E-state index contributed by atoms with van der Waals surface area (Å²) in [7, 11) is 0. The predicted molar refractivity (Wildman–Crippen MR) is 118 cm³/mol. The number of benzene rings is 1. The van der Waals surface area contributed by atoms with E-state index in [1.165, 1.54) is 24.3 Å². The van der Waals surface area contributed by atoms with Gasteiger partial charge >= 0.3 is 5.97 Å². The smallest absolute Gasteiger partial charge is 0.326 e. The predicted octanol–water partition coefficient (Wildman–Crippen LogP) is -1.65. The van der Waals surface area contributed by atoms with Gasteiger partial charge in [0.15, 0.2) is 0 Å². The minimum Gasteiger partial charge on any atom is -0.508 e. The fourth-order valence-corrected chi connectivity index (χ4v) is 2.98. The molecule has 3 atom stereocenters. The molecule has 4 amide bonds. The molecule has 1 aromatic carbocycles. The van der Waals surface area contributed by atoms with Crippen LogP contribution in [0.15, 0.2) is 24.3 Å². The zero-order valence-electron chi connectivity index (χ0n) is 18.5. The Morgan fingerprint density at radius 1 is 0.909 bits per heavy atom. The van der Waals surface area contributed by atoms with Crippen molar-refractivity contribution in [2.45, 2.75) is 51.2 Å². The summed E-state index contributed by atoms with van der Waals surface area (Å²) in [4.78, 5) is 60.3. The summed E-state index contributed by atoms with van der Waals surface area (Å²) < 4.78 is 0. The molecule has 1 rings (SSSR count). The van der Waals surface area contributed by atoms with Crippen LogP contribution in [-0.4, -0.2) is 64.5 Å². The van der Waals surface area contributed by atoms with Crippen molar-refractivity contribution in [1.29, 1.82) is 0 Å². The first kappa shape index (κ1) is 27.4. The summed E-state index contributed by atoms with van der Waals surface area (Å²) >= 11 is 0. The number of amides is 4. The fraction of sp³-hybridized carbons (Fsp3) is 0.476. The summed E-state index contributed by atoms with van der Waals surface area (Å²) in [5.74, 6) is -4.48. The lowest BCUT2D eigenvalue weighted by molar-refractivity contribution is -0.142. The van der Waals surface area contributed by atoms with E-state index in [-0.39, 0.29) is 31.1 Å². The van der Waals surface area contributed by atoms with Gasteiger partial charge in [-0.1, -0.05) is 26.0 Å². The molecule has 12 heteroatoms. The fourth-order valence-electron chi connectivity index (χ4n) is 2.98. The van der Waals surface area contributed by atoms with Gasteiger partial charge in [0.25, 0.3) is 0 Å². The Balaban J connectivity index is 2.98. The molecule has 0 bridgehead atoms. The molecule has 0 saturated carbocycles. The highest BCUT2D eigenvalue weighted by Gasteiger charge is 2.30. The zero-order chi connectivity index (χ0) is 25.1. The third-order valence-electron chi connectivity index (χ3n) is 4.57. The first-order valence-corrected chi connectivity index (χ1v) is 10.3. The lowest BCUT2D eigenvalue weighted by Crippen LogP contribution is -2.57. The van der Waals surface area contributed by atoms with Crippen molar-refractivity contribution < 1.29 is 34.2 Å². The van der Waals surface area contributed by atoms with Crippen LogP contribution >= 0.6 is 0 Å². The van der Waals surface area contributed by atoms with E-state index in [4.69, 9.17) is 11.5 Å². The van der Waals surface area contributed by atoms with E-state index in [0.717, 1.165) is 0 Å². The van der Waals surface area contributed by atoms with Crippen LogP contribution in [0.3, 0.4) is 0 Å². The van der Waals surface area contributed by atoms with Crippen LogP contribution < -0.4 is 27.4 Å². The topological polar surface area (TPSA) is 214 Å². The highest BCUT2D eigenvalue weighted by atomic mass is 16.4. The van der Waals surface area contributed by atoms with Gasteiger partial charge in [-0.25, -0.2) is 4.79 Å². The Morgan fingerprint density at radius 2 is 1.45 bits per heavy atom. The molecule has 1 aromatic rings. The number of hydrogen-bond donors (Lipinski definition) is 7. The number of phenolic OH excluding ortho intramolecular Hbond substituents is 1. The Kier molecular flexibility index (Phi) is 10.8. The first-order chi connectivity index (χ1) is 15.4. The molecule has 0 saturated heterocycles. The molecule has 9 N–H and O–H groups in total. The number of hydrogen-bond acceptors (Lipinski definition) is 7. The molecular weight excluding hydrogens is 434 g/mol. The Morgan fingerprint density at radius 3 is 1.94 bits per heavy atom. The molecule has 3 unspecified atom stereocenters. The monoisotopic (exact) mass is 465 g/mol. The van der Waals surface area contributed by atoms with Gasteiger partial charge in [-0.2, -0.15) is 0 Å². The summed E-state index contributed by atoms with van der Waals surface area (Å²) in [6.45, 7) is 3.30. The van der Waals surface area contributed by atoms with E-state index in [9.17, 15) is 34.2 Å². The van der Waals surface area contributed by atoms with Crippen molar-refractivity contribution in [3.63, 3.8) is 0 Å². The van der Waals surface area contributed by atoms with Crippen molar-refractivity contribution in [2.24, 2.45) is 17.4 Å². The van der Waals surface area contributed by atoms with Crippen molar-refractivity contribution in [3.05, 3.63) is 29.8 Å². The van der Waals surface area contributed by atoms with Gasteiger partial charge in [0.1, 0.15) is 23.9 Å². The molecule has 0 aliphatic rings. The number of aliphatic carboxylic acids is 1. The minimum absolute atomic E-state index is 0.00317. The molecule has 182 valence electrons. The number of carbonyl (C=O) groups excluding carboxylic acids is 4. The molecule has 0 aliphatic carbocycles. The highest BCUT2D eigenvalue weighted by molar-refractivity contribution is 5.95. The number of carboxylic acids is 1. The van der Waals surface area contributed by atoms with E-state index in [2.05, 4.69) is 16.0 Å². The third-order valence-corrected chi connectivity index (χ3v) is 4.57.